The zero-order valence-electron chi connectivity index (χ0n) is 19.5. The smallest absolute Gasteiger partial charge is 0.407 e. The van der Waals surface area contributed by atoms with Crippen molar-refractivity contribution in [2.24, 2.45) is 0 Å². The Balaban J connectivity index is 1.49. The molecule has 2 fully saturated rings. The zero-order chi connectivity index (χ0) is 23.4. The van der Waals surface area contributed by atoms with Gasteiger partial charge in [0.15, 0.2) is 5.69 Å². The van der Waals surface area contributed by atoms with E-state index in [1.165, 1.54) is 6.33 Å². The van der Waals surface area contributed by atoms with Crippen LogP contribution in [0.2, 0.25) is 0 Å². The third kappa shape index (κ3) is 5.82. The average Bonchev–Trinajstić information content (AvgIpc) is 2.79. The van der Waals surface area contributed by atoms with Gasteiger partial charge in [-0.1, -0.05) is 0 Å². The van der Waals surface area contributed by atoms with Crippen LogP contribution in [-0.2, 0) is 9.47 Å². The van der Waals surface area contributed by atoms with Crippen molar-refractivity contribution in [2.45, 2.75) is 64.2 Å². The van der Waals surface area contributed by atoms with Crippen molar-refractivity contribution in [1.29, 1.82) is 5.26 Å². The third-order valence-corrected chi connectivity index (χ3v) is 5.86. The summed E-state index contributed by atoms with van der Waals surface area (Å²) in [7, 11) is 0. The molecule has 1 amide bonds. The molecule has 1 aliphatic carbocycles. The van der Waals surface area contributed by atoms with Crippen molar-refractivity contribution in [3.63, 3.8) is 0 Å². The van der Waals surface area contributed by atoms with Gasteiger partial charge in [0.1, 0.15) is 23.7 Å². The van der Waals surface area contributed by atoms with E-state index in [9.17, 15) is 10.1 Å². The van der Waals surface area contributed by atoms with E-state index in [1.54, 1.807) is 0 Å². The number of carbonyl (C=O) groups is 1. The number of aromatic nitrogens is 2. The molecule has 1 N–H and O–H groups in total. The number of nitriles is 1. The number of carbonyl (C=O) groups excluding carboxylic acids is 1. The largest absolute Gasteiger partial charge is 0.490 e. The number of benzene rings is 1. The van der Waals surface area contributed by atoms with Crippen LogP contribution < -0.4 is 15.0 Å². The minimum atomic E-state index is -0.516. The Labute approximate surface area is 194 Å². The fourth-order valence-electron chi connectivity index (χ4n) is 4.30. The number of anilines is 1. The molecule has 0 unspecified atom stereocenters. The monoisotopic (exact) mass is 453 g/mol. The van der Waals surface area contributed by atoms with E-state index in [2.05, 4.69) is 26.3 Å². The first kappa shape index (κ1) is 23.1. The van der Waals surface area contributed by atoms with Crippen molar-refractivity contribution in [2.75, 3.05) is 31.2 Å². The number of ether oxygens (including phenoxy) is 3. The molecular weight excluding hydrogens is 422 g/mol. The van der Waals surface area contributed by atoms with Gasteiger partial charge in [0.25, 0.3) is 0 Å². The normalized spacial score (nSPS) is 21.3. The third-order valence-electron chi connectivity index (χ3n) is 5.86. The lowest BCUT2D eigenvalue weighted by molar-refractivity contribution is 0.0471. The molecule has 33 heavy (non-hydrogen) atoms. The second-order valence-electron chi connectivity index (χ2n) is 9.51. The lowest BCUT2D eigenvalue weighted by atomic mass is 9.93. The van der Waals surface area contributed by atoms with Crippen LogP contribution in [0, 0.1) is 11.3 Å². The summed E-state index contributed by atoms with van der Waals surface area (Å²) in [6.07, 6.45) is 4.20. The van der Waals surface area contributed by atoms with Crippen LogP contribution >= 0.6 is 0 Å². The molecule has 0 radical (unpaired) electrons. The van der Waals surface area contributed by atoms with Crippen LogP contribution in [0.15, 0.2) is 18.5 Å². The second-order valence-corrected chi connectivity index (χ2v) is 9.51. The molecule has 1 saturated heterocycles. The molecule has 9 heteroatoms. The summed E-state index contributed by atoms with van der Waals surface area (Å²) >= 11 is 0. The summed E-state index contributed by atoms with van der Waals surface area (Å²) in [6.45, 7) is 8.50. The fourth-order valence-corrected chi connectivity index (χ4v) is 4.30. The van der Waals surface area contributed by atoms with Crippen LogP contribution in [-0.4, -0.2) is 60.1 Å². The van der Waals surface area contributed by atoms with Crippen molar-refractivity contribution in [3.8, 4) is 11.8 Å². The Bertz CT molecular complexity index is 1030. The quantitative estimate of drug-likeness (QED) is 0.748. The number of nitrogens with zero attached hydrogens (tertiary/aromatic N) is 4. The van der Waals surface area contributed by atoms with Gasteiger partial charge in [0, 0.05) is 30.9 Å². The molecule has 2 heterocycles. The zero-order valence-corrected chi connectivity index (χ0v) is 19.5. The van der Waals surface area contributed by atoms with E-state index >= 15 is 0 Å². The predicted molar refractivity (Wildman–Crippen MR) is 123 cm³/mol. The molecular formula is C24H31N5O4. The second kappa shape index (κ2) is 9.79. The average molecular weight is 454 g/mol. The fraction of sp³-hybridized carbons (Fsp3) is 0.583. The van der Waals surface area contributed by atoms with Crippen molar-refractivity contribution >= 4 is 22.7 Å². The minimum Gasteiger partial charge on any atom is -0.490 e. The predicted octanol–water partition coefficient (Wildman–Crippen LogP) is 3.55. The molecule has 4 rings (SSSR count). The van der Waals surface area contributed by atoms with E-state index in [-0.39, 0.29) is 18.2 Å². The van der Waals surface area contributed by atoms with Crippen molar-refractivity contribution in [3.05, 3.63) is 24.2 Å². The van der Waals surface area contributed by atoms with Crippen LogP contribution in [0.1, 0.15) is 52.1 Å². The number of alkyl carbamates (subject to hydrolysis) is 1. The highest BCUT2D eigenvalue weighted by atomic mass is 16.6. The molecule has 0 spiro atoms. The molecule has 1 aromatic heterocycles. The van der Waals surface area contributed by atoms with Gasteiger partial charge in [-0.15, -0.1) is 0 Å². The van der Waals surface area contributed by atoms with Gasteiger partial charge < -0.3 is 24.4 Å². The molecule has 1 aromatic carbocycles. The number of amides is 1. The van der Waals surface area contributed by atoms with Crippen LogP contribution in [0.25, 0.3) is 10.9 Å². The number of hydrogen-bond donors (Lipinski definition) is 1. The number of hydrogen-bond acceptors (Lipinski definition) is 8. The SMILES string of the molecule is CC(C)(C)OC(=O)NC1CCC(Oc2cc(N3CCOCC3)cc3ncnc(C#N)c23)CC1. The Kier molecular flexibility index (Phi) is 6.84. The van der Waals surface area contributed by atoms with Gasteiger partial charge in [-0.2, -0.15) is 5.26 Å². The molecule has 9 nitrogen and oxygen atoms in total. The Morgan fingerprint density at radius 2 is 1.91 bits per heavy atom. The lowest BCUT2D eigenvalue weighted by Gasteiger charge is -2.32. The highest BCUT2D eigenvalue weighted by Gasteiger charge is 2.27. The van der Waals surface area contributed by atoms with Gasteiger partial charge in [-0.25, -0.2) is 14.8 Å². The summed E-state index contributed by atoms with van der Waals surface area (Å²) in [4.78, 5) is 22.9. The molecule has 1 saturated carbocycles. The number of morpholine rings is 1. The van der Waals surface area contributed by atoms with Gasteiger partial charge >= 0.3 is 6.09 Å². The maximum atomic E-state index is 12.1. The summed E-state index contributed by atoms with van der Waals surface area (Å²) in [5, 5.41) is 13.2. The molecule has 2 aliphatic rings. The minimum absolute atomic E-state index is 0.0171. The maximum Gasteiger partial charge on any atom is 0.407 e. The highest BCUT2D eigenvalue weighted by molar-refractivity contribution is 5.92. The van der Waals surface area contributed by atoms with E-state index in [4.69, 9.17) is 14.2 Å². The van der Waals surface area contributed by atoms with Gasteiger partial charge in [0.05, 0.1) is 30.2 Å². The first-order valence-electron chi connectivity index (χ1n) is 11.5. The summed E-state index contributed by atoms with van der Waals surface area (Å²) in [5.74, 6) is 0.634. The summed E-state index contributed by atoms with van der Waals surface area (Å²) in [5.41, 5.74) is 1.49. The summed E-state index contributed by atoms with van der Waals surface area (Å²) in [6, 6.07) is 6.20. The Morgan fingerprint density at radius 1 is 1.18 bits per heavy atom. The molecule has 1 aliphatic heterocycles. The van der Waals surface area contributed by atoms with Crippen molar-refractivity contribution in [1.82, 2.24) is 15.3 Å². The van der Waals surface area contributed by atoms with Crippen LogP contribution in [0.3, 0.4) is 0 Å². The Morgan fingerprint density at radius 3 is 2.58 bits per heavy atom. The van der Waals surface area contributed by atoms with E-state index in [0.29, 0.717) is 35.6 Å². The standard InChI is InChI=1S/C24H31N5O4/c1-24(2,3)33-23(30)28-16-4-6-18(7-5-16)32-21-13-17(29-8-10-31-11-9-29)12-19-22(21)20(14-25)27-15-26-19/h12-13,15-16,18H,4-11H2,1-3H3,(H,28,30). The lowest BCUT2D eigenvalue weighted by Crippen LogP contribution is -2.42. The number of fused-ring (bicyclic) bond motifs is 1. The van der Waals surface area contributed by atoms with E-state index < -0.39 is 5.60 Å². The Hall–Kier alpha value is -3.12. The van der Waals surface area contributed by atoms with Gasteiger partial charge in [-0.05, 0) is 52.5 Å². The molecule has 0 bridgehead atoms. The molecule has 2 aromatic rings. The number of nitrogens with one attached hydrogen (secondary N) is 1. The van der Waals surface area contributed by atoms with E-state index in [0.717, 1.165) is 44.5 Å². The van der Waals surface area contributed by atoms with E-state index in [1.807, 2.05) is 32.9 Å². The number of rotatable bonds is 4. The molecule has 176 valence electrons. The maximum absolute atomic E-state index is 12.1. The van der Waals surface area contributed by atoms with Crippen LogP contribution in [0.4, 0.5) is 10.5 Å². The van der Waals surface area contributed by atoms with Crippen molar-refractivity contribution < 1.29 is 19.0 Å². The molecule has 0 atom stereocenters. The highest BCUT2D eigenvalue weighted by Crippen LogP contribution is 2.35. The van der Waals surface area contributed by atoms with Crippen LogP contribution in [0.5, 0.6) is 5.75 Å². The first-order valence-corrected chi connectivity index (χ1v) is 11.5. The summed E-state index contributed by atoms with van der Waals surface area (Å²) < 4.78 is 17.3. The topological polar surface area (TPSA) is 110 Å². The first-order chi connectivity index (χ1) is 15.8. The van der Waals surface area contributed by atoms with Gasteiger partial charge in [-0.3, -0.25) is 0 Å². The van der Waals surface area contributed by atoms with Gasteiger partial charge in [0.2, 0.25) is 0 Å².